The molecule has 0 amide bonds. The number of hydrogen-bond donors (Lipinski definition) is 2. The maximum Gasteiger partial charge on any atom is 0.322 e. The van der Waals surface area contributed by atoms with E-state index in [0.717, 1.165) is 11.0 Å². The van der Waals surface area contributed by atoms with E-state index in [1.54, 1.807) is 12.1 Å². The Morgan fingerprint density at radius 2 is 2.05 bits per heavy atom. The van der Waals surface area contributed by atoms with Crippen LogP contribution in [0.4, 0.5) is 0 Å². The molecule has 1 fully saturated rings. The number of aliphatic carboxylic acids is 1. The minimum Gasteiger partial charge on any atom is -0.480 e. The Labute approximate surface area is 117 Å². The Balaban J connectivity index is 2.10. The molecule has 1 aromatic carbocycles. The van der Waals surface area contributed by atoms with Gasteiger partial charge in [0.2, 0.25) is 10.0 Å². The van der Waals surface area contributed by atoms with Gasteiger partial charge < -0.3 is 10.4 Å². The third kappa shape index (κ3) is 3.66. The number of benzene rings is 1. The molecule has 2 rings (SSSR count). The van der Waals surface area contributed by atoms with Gasteiger partial charge in [0.1, 0.15) is 6.04 Å². The topological polar surface area (TPSA) is 86.7 Å². The zero-order valence-electron chi connectivity index (χ0n) is 10.8. The SMILES string of the molecule is O=C(O)[C@H]1CN(S(=O)(=O)/C=C/c2ccccc2)CCN1. The monoisotopic (exact) mass is 296 g/mol. The first-order valence-electron chi connectivity index (χ1n) is 6.18. The largest absolute Gasteiger partial charge is 0.480 e. The minimum atomic E-state index is -3.60. The summed E-state index contributed by atoms with van der Waals surface area (Å²) in [4.78, 5) is 10.9. The molecule has 0 radical (unpaired) electrons. The first-order valence-corrected chi connectivity index (χ1v) is 7.69. The number of carboxylic acids is 1. The molecule has 1 atom stereocenters. The average molecular weight is 296 g/mol. The molecule has 7 heteroatoms. The van der Waals surface area contributed by atoms with Crippen LogP contribution in [-0.2, 0) is 14.8 Å². The van der Waals surface area contributed by atoms with Gasteiger partial charge in [-0.15, -0.1) is 0 Å². The van der Waals surface area contributed by atoms with Crippen molar-refractivity contribution >= 4 is 22.1 Å². The van der Waals surface area contributed by atoms with Gasteiger partial charge in [-0.2, -0.15) is 4.31 Å². The predicted molar refractivity (Wildman–Crippen MR) is 75.4 cm³/mol. The van der Waals surface area contributed by atoms with E-state index in [-0.39, 0.29) is 13.1 Å². The van der Waals surface area contributed by atoms with Crippen molar-refractivity contribution in [2.24, 2.45) is 0 Å². The van der Waals surface area contributed by atoms with E-state index in [2.05, 4.69) is 5.32 Å². The minimum absolute atomic E-state index is 0.0587. The van der Waals surface area contributed by atoms with Crippen LogP contribution >= 0.6 is 0 Å². The van der Waals surface area contributed by atoms with Gasteiger partial charge in [-0.3, -0.25) is 4.79 Å². The van der Waals surface area contributed by atoms with Gasteiger partial charge in [-0.1, -0.05) is 30.3 Å². The molecular formula is C13H16N2O4S. The summed E-state index contributed by atoms with van der Waals surface area (Å²) in [5.74, 6) is -1.04. The first kappa shape index (κ1) is 14.7. The van der Waals surface area contributed by atoms with Crippen LogP contribution in [0.1, 0.15) is 5.56 Å². The lowest BCUT2D eigenvalue weighted by atomic mass is 10.2. The third-order valence-electron chi connectivity index (χ3n) is 3.03. The molecule has 108 valence electrons. The van der Waals surface area contributed by atoms with Crippen molar-refractivity contribution < 1.29 is 18.3 Å². The maximum atomic E-state index is 12.1. The van der Waals surface area contributed by atoms with Crippen molar-refractivity contribution in [2.75, 3.05) is 19.6 Å². The van der Waals surface area contributed by atoms with E-state index in [1.807, 2.05) is 18.2 Å². The zero-order chi connectivity index (χ0) is 14.6. The standard InChI is InChI=1S/C13H16N2O4S/c16-13(17)12-10-15(8-7-14-12)20(18,19)9-6-11-4-2-1-3-5-11/h1-6,9,12,14H,7-8,10H2,(H,16,17)/b9-6+/t12-/m1/s1. The highest BCUT2D eigenvalue weighted by Gasteiger charge is 2.30. The average Bonchev–Trinajstić information content (AvgIpc) is 2.46. The molecule has 2 N–H and O–H groups in total. The summed E-state index contributed by atoms with van der Waals surface area (Å²) in [5.41, 5.74) is 0.779. The van der Waals surface area contributed by atoms with Crippen LogP contribution in [0, 0.1) is 0 Å². The van der Waals surface area contributed by atoms with Gasteiger partial charge in [-0.25, -0.2) is 8.42 Å². The van der Waals surface area contributed by atoms with Crippen LogP contribution in [0.25, 0.3) is 6.08 Å². The highest BCUT2D eigenvalue weighted by atomic mass is 32.2. The van der Waals surface area contributed by atoms with E-state index < -0.39 is 22.0 Å². The summed E-state index contributed by atoms with van der Waals surface area (Å²) in [6.45, 7) is 0.539. The molecule has 0 bridgehead atoms. The van der Waals surface area contributed by atoms with E-state index in [0.29, 0.717) is 6.54 Å². The molecule has 0 spiro atoms. The summed E-state index contributed by atoms with van der Waals surface area (Å²) in [7, 11) is -3.60. The van der Waals surface area contributed by atoms with Gasteiger partial charge >= 0.3 is 5.97 Å². The quantitative estimate of drug-likeness (QED) is 0.837. The lowest BCUT2D eigenvalue weighted by Crippen LogP contribution is -2.55. The van der Waals surface area contributed by atoms with E-state index in [4.69, 9.17) is 5.11 Å². The summed E-state index contributed by atoms with van der Waals surface area (Å²) in [5, 5.41) is 12.8. The highest BCUT2D eigenvalue weighted by Crippen LogP contribution is 2.10. The summed E-state index contributed by atoms with van der Waals surface area (Å²) >= 11 is 0. The molecule has 1 heterocycles. The molecular weight excluding hydrogens is 280 g/mol. The molecule has 20 heavy (non-hydrogen) atoms. The van der Waals surface area contributed by atoms with Crippen molar-refractivity contribution in [3.05, 3.63) is 41.3 Å². The number of nitrogens with zero attached hydrogens (tertiary/aromatic N) is 1. The molecule has 0 unspecified atom stereocenters. The molecule has 0 aromatic heterocycles. The van der Waals surface area contributed by atoms with Gasteiger partial charge in [-0.05, 0) is 11.6 Å². The van der Waals surface area contributed by atoms with Gasteiger partial charge in [0, 0.05) is 25.0 Å². The normalized spacial score (nSPS) is 21.1. The first-order chi connectivity index (χ1) is 9.49. The van der Waals surface area contributed by atoms with E-state index in [1.165, 1.54) is 10.4 Å². The fourth-order valence-electron chi connectivity index (χ4n) is 1.93. The number of carbonyl (C=O) groups is 1. The third-order valence-corrected chi connectivity index (χ3v) is 4.56. The lowest BCUT2D eigenvalue weighted by Gasteiger charge is -2.29. The molecule has 1 aliphatic rings. The number of rotatable bonds is 4. The second-order valence-electron chi connectivity index (χ2n) is 4.46. The van der Waals surface area contributed by atoms with E-state index in [9.17, 15) is 13.2 Å². The van der Waals surface area contributed by atoms with Crippen LogP contribution in [-0.4, -0.2) is 49.5 Å². The van der Waals surface area contributed by atoms with Crippen LogP contribution in [0.15, 0.2) is 35.7 Å². The number of hydrogen-bond acceptors (Lipinski definition) is 4. The molecule has 0 saturated carbocycles. The van der Waals surface area contributed by atoms with Gasteiger partial charge in [0.05, 0.1) is 0 Å². The molecule has 1 saturated heterocycles. The molecule has 1 aromatic rings. The number of carboxylic acid groups (broad SMARTS) is 1. The Hall–Kier alpha value is -1.70. The number of sulfonamides is 1. The predicted octanol–water partition coefficient (Wildman–Crippen LogP) is 0.345. The lowest BCUT2D eigenvalue weighted by molar-refractivity contribution is -0.140. The van der Waals surface area contributed by atoms with E-state index >= 15 is 0 Å². The summed E-state index contributed by atoms with van der Waals surface area (Å²) in [6, 6.07) is 8.21. The summed E-state index contributed by atoms with van der Waals surface area (Å²) in [6.07, 6.45) is 1.51. The Morgan fingerprint density at radius 3 is 2.70 bits per heavy atom. The van der Waals surface area contributed by atoms with Crippen molar-refractivity contribution in [3.8, 4) is 0 Å². The van der Waals surface area contributed by atoms with Gasteiger partial charge in [0.15, 0.2) is 0 Å². The van der Waals surface area contributed by atoms with Crippen LogP contribution in [0.5, 0.6) is 0 Å². The second-order valence-corrected chi connectivity index (χ2v) is 6.28. The number of piperazine rings is 1. The van der Waals surface area contributed by atoms with Gasteiger partial charge in [0.25, 0.3) is 0 Å². The molecule has 1 aliphatic heterocycles. The fourth-order valence-corrected chi connectivity index (χ4v) is 3.14. The highest BCUT2D eigenvalue weighted by molar-refractivity contribution is 7.92. The summed E-state index contributed by atoms with van der Waals surface area (Å²) < 4.78 is 25.5. The Bertz CT molecular complexity index is 598. The zero-order valence-corrected chi connectivity index (χ0v) is 11.6. The van der Waals surface area contributed by atoms with Crippen molar-refractivity contribution in [1.82, 2.24) is 9.62 Å². The maximum absolute atomic E-state index is 12.1. The molecule has 6 nitrogen and oxygen atoms in total. The molecule has 0 aliphatic carbocycles. The number of nitrogens with one attached hydrogen (secondary N) is 1. The Kier molecular flexibility index (Phi) is 4.53. The van der Waals surface area contributed by atoms with Crippen LogP contribution in [0.3, 0.4) is 0 Å². The van der Waals surface area contributed by atoms with Crippen molar-refractivity contribution in [2.45, 2.75) is 6.04 Å². The van der Waals surface area contributed by atoms with Crippen molar-refractivity contribution in [3.63, 3.8) is 0 Å². The fraction of sp³-hybridized carbons (Fsp3) is 0.308. The smallest absolute Gasteiger partial charge is 0.322 e. The second kappa shape index (κ2) is 6.17. The van der Waals surface area contributed by atoms with Crippen LogP contribution < -0.4 is 5.32 Å². The van der Waals surface area contributed by atoms with Crippen molar-refractivity contribution in [1.29, 1.82) is 0 Å². The Morgan fingerprint density at radius 1 is 1.35 bits per heavy atom. The van der Waals surface area contributed by atoms with Crippen LogP contribution in [0.2, 0.25) is 0 Å².